The molecule has 0 saturated carbocycles. The lowest BCUT2D eigenvalue weighted by molar-refractivity contribution is -0.382. The maximum Gasteiger partial charge on any atom is 0.460 e. The molecule has 0 bridgehead atoms. The highest BCUT2D eigenvalue weighted by Gasteiger charge is 2.90. The minimum absolute atomic E-state index is 0.0799. The van der Waals surface area contributed by atoms with Crippen LogP contribution >= 0.6 is 10.2 Å². The summed E-state index contributed by atoms with van der Waals surface area (Å²) < 4.78 is 319. The van der Waals surface area contributed by atoms with Crippen molar-refractivity contribution in [3.05, 3.63) is 89.5 Å². The first-order valence-electron chi connectivity index (χ1n) is 17.9. The summed E-state index contributed by atoms with van der Waals surface area (Å²) in [5, 5.41) is -16.9. The van der Waals surface area contributed by atoms with Gasteiger partial charge in [-0.2, -0.15) is 79.0 Å². The molecule has 0 aliphatic heterocycles. The summed E-state index contributed by atoms with van der Waals surface area (Å²) in [6, 6.07) is 8.09. The van der Waals surface area contributed by atoms with Crippen LogP contribution in [0.15, 0.2) is 87.5 Å². The lowest BCUT2D eigenvalue weighted by Gasteiger charge is -2.50. The fraction of sp³-hybridized carbons (Fsp3) is 0.526. The number of hydrogen-bond donors (Lipinski definition) is 0. The molecule has 3 rings (SSSR count). The zero-order chi connectivity index (χ0) is 50.5. The third kappa shape index (κ3) is 8.35. The van der Waals surface area contributed by atoms with Crippen LogP contribution in [0.1, 0.15) is 79.0 Å². The molecule has 364 valence electrons. The van der Waals surface area contributed by atoms with E-state index in [9.17, 15) is 60.7 Å². The second-order valence-corrected chi connectivity index (χ2v) is 24.7. The van der Waals surface area contributed by atoms with E-state index in [1.165, 1.54) is 62.3 Å². The Balaban J connectivity index is 3.00. The molecular weight excluding hydrogens is 973 g/mol. The Bertz CT molecular complexity index is 2180. The van der Waals surface area contributed by atoms with Gasteiger partial charge in [-0.25, -0.2) is 16.8 Å². The number of nitrogens with zero attached hydrogens (tertiary/aromatic N) is 1. The molecule has 64 heavy (non-hydrogen) atoms. The van der Waals surface area contributed by atoms with Crippen molar-refractivity contribution in [2.75, 3.05) is 0 Å². The molecule has 0 heterocycles. The van der Waals surface area contributed by atoms with Gasteiger partial charge in [0.2, 0.25) is 0 Å². The molecule has 5 nitrogen and oxygen atoms in total. The van der Waals surface area contributed by atoms with Crippen LogP contribution in [0.3, 0.4) is 0 Å². The molecule has 3 aromatic carbocycles. The van der Waals surface area contributed by atoms with Gasteiger partial charge in [-0.1, -0.05) is 109 Å². The molecule has 0 fully saturated rings. The first-order valence-corrected chi connectivity index (χ1v) is 22.3. The van der Waals surface area contributed by atoms with Crippen LogP contribution in [-0.4, -0.2) is 66.5 Å². The maximum absolute atomic E-state index is 16.3. The van der Waals surface area contributed by atoms with Gasteiger partial charge in [0.05, 0.1) is 0 Å². The van der Waals surface area contributed by atoms with Crippen molar-refractivity contribution in [2.45, 2.75) is 140 Å². The molecule has 26 heteroatoms. The Labute approximate surface area is 357 Å². The van der Waals surface area contributed by atoms with Crippen molar-refractivity contribution in [3.8, 4) is 0 Å². The molecule has 0 N–H and O–H groups in total. The largest absolute Gasteiger partial charge is 0.460 e. The molecule has 0 unspecified atom stereocenters. The zero-order valence-corrected chi connectivity index (χ0v) is 37.0. The van der Waals surface area contributed by atoms with Crippen molar-refractivity contribution in [1.82, 2.24) is 3.12 Å². The van der Waals surface area contributed by atoms with Crippen LogP contribution in [0.25, 0.3) is 0 Å². The summed E-state index contributed by atoms with van der Waals surface area (Å²) in [7, 11) is -24.8. The second-order valence-electron chi connectivity index (χ2n) is 17.4. The first-order chi connectivity index (χ1) is 28.0. The van der Waals surface area contributed by atoms with Gasteiger partial charge in [0.1, 0.15) is 0 Å². The van der Waals surface area contributed by atoms with Crippen LogP contribution in [0.2, 0.25) is 0 Å². The summed E-state index contributed by atoms with van der Waals surface area (Å²) in [5.41, 5.74) is -2.86. The molecule has 3 aromatic rings. The van der Waals surface area contributed by atoms with Gasteiger partial charge >= 0.3 is 66.6 Å². The van der Waals surface area contributed by atoms with Gasteiger partial charge in [-0.15, -0.1) is 0 Å². The monoisotopic (exact) mass is 1010 g/mol. The van der Waals surface area contributed by atoms with Crippen molar-refractivity contribution in [2.24, 2.45) is 0 Å². The normalized spacial score (nSPS) is 15.8. The fourth-order valence-corrected chi connectivity index (χ4v) is 16.0. The maximum atomic E-state index is 16.3. The van der Waals surface area contributed by atoms with Crippen LogP contribution in [0.5, 0.6) is 0 Å². The van der Waals surface area contributed by atoms with E-state index in [2.05, 4.69) is 0 Å². The third-order valence-corrected chi connectivity index (χ3v) is 19.3. The van der Waals surface area contributed by atoms with Gasteiger partial charge < -0.3 is 0 Å². The molecular formula is C38H39F18NO4S3. The van der Waals surface area contributed by atoms with Gasteiger partial charge in [-0.05, 0) is 72.4 Å². The smallest absolute Gasteiger partial charge is 0.204 e. The van der Waals surface area contributed by atoms with E-state index in [1.807, 2.05) is 0 Å². The Hall–Kier alpha value is -3.39. The van der Waals surface area contributed by atoms with E-state index in [-0.39, 0.29) is 16.7 Å². The van der Waals surface area contributed by atoms with Gasteiger partial charge in [0.15, 0.2) is 0 Å². The Morgan fingerprint density at radius 3 is 0.672 bits per heavy atom. The topological polar surface area (TPSA) is 71.5 Å². The predicted octanol–water partition coefficient (Wildman–Crippen LogP) is 13.6. The highest BCUT2D eigenvalue weighted by Crippen LogP contribution is 2.76. The molecule has 0 aromatic heterocycles. The quantitative estimate of drug-likeness (QED) is 0.170. The summed E-state index contributed by atoms with van der Waals surface area (Å²) in [6.07, 6.45) is -15.8. The minimum atomic E-state index is -9.32. The third-order valence-electron chi connectivity index (χ3n) is 9.68. The van der Waals surface area contributed by atoms with E-state index in [0.29, 0.717) is 36.4 Å². The lowest BCUT2D eigenvalue weighted by atomic mass is 9.87. The number of sulfonamides is 2. The summed E-state index contributed by atoms with van der Waals surface area (Å²) >= 11 is 0. The van der Waals surface area contributed by atoms with E-state index in [1.54, 1.807) is 0 Å². The molecule has 0 aliphatic carbocycles. The van der Waals surface area contributed by atoms with Crippen LogP contribution in [-0.2, 0) is 36.3 Å². The van der Waals surface area contributed by atoms with E-state index in [4.69, 9.17) is 0 Å². The average Bonchev–Trinajstić information content (AvgIpc) is 3.11. The number of rotatable bonds is 12. The van der Waals surface area contributed by atoms with E-state index < -0.39 is 111 Å². The van der Waals surface area contributed by atoms with Crippen LogP contribution in [0.4, 0.5) is 79.0 Å². The number of hydrogen-bond acceptors (Lipinski definition) is 4. The summed E-state index contributed by atoms with van der Waals surface area (Å²) in [5.74, 6) is -33.7. The molecule has 0 amide bonds. The molecule has 0 atom stereocenters. The first kappa shape index (κ1) is 54.9. The highest BCUT2D eigenvalue weighted by molar-refractivity contribution is 8.41. The molecule has 0 spiro atoms. The molecule has 0 saturated heterocycles. The highest BCUT2D eigenvalue weighted by atomic mass is 32.4. The zero-order valence-electron chi connectivity index (χ0n) is 34.5. The van der Waals surface area contributed by atoms with Crippen molar-refractivity contribution in [3.63, 3.8) is 0 Å². The van der Waals surface area contributed by atoms with Crippen molar-refractivity contribution < 1.29 is 95.9 Å². The van der Waals surface area contributed by atoms with Crippen molar-refractivity contribution in [1.29, 1.82) is 0 Å². The second kappa shape index (κ2) is 15.9. The van der Waals surface area contributed by atoms with Crippen LogP contribution in [0, 0.1) is 0 Å². The van der Waals surface area contributed by atoms with Gasteiger partial charge in [-0.3, -0.25) is 0 Å². The van der Waals surface area contributed by atoms with Gasteiger partial charge in [0.25, 0.3) is 0 Å². The average molecular weight is 1010 g/mol. The Morgan fingerprint density at radius 1 is 0.328 bits per heavy atom. The molecule has 0 aliphatic rings. The minimum Gasteiger partial charge on any atom is -0.204 e. The van der Waals surface area contributed by atoms with Crippen LogP contribution < -0.4 is 0 Å². The number of benzene rings is 3. The predicted molar refractivity (Wildman–Crippen MR) is 199 cm³/mol. The number of alkyl halides is 18. The van der Waals surface area contributed by atoms with Gasteiger partial charge in [0, 0.05) is 14.7 Å². The SMILES string of the molecule is CC(C)(C)c1ccc(S(c2ccc(C(C)(C)C)cc2)(c2ccc(C(C)(C)C)cc2)N(S(=O)(=O)C(F)(F)C(F)(F)C(F)(F)C(F)(F)F)S(=O)(=O)C(F)(F)C(F)(F)C(F)(F)C(F)(F)F)cc1. The lowest BCUT2D eigenvalue weighted by Crippen LogP contribution is -2.69. The fourth-order valence-electron chi connectivity index (χ4n) is 5.78. The van der Waals surface area contributed by atoms with Crippen molar-refractivity contribution >= 4 is 30.3 Å². The number of halogens is 18. The van der Waals surface area contributed by atoms with E-state index >= 15 is 35.1 Å². The standard InChI is InChI=1S/C38H39F18NO4S3/c1-28(2,3)22-10-16-25(17-11-22)62(26-18-12-23(13-19-26)29(4,5)6,27-20-14-24(15-21-27)30(7,8)9)57(63(58,59)37(53,54)33(43,44)31(39,40)35(47,48)49)64(60,61)38(55,56)34(45,46)32(41,42)36(50,51)52/h10-21H,1-9H3. The Kier molecular flexibility index (Phi) is 13.6. The summed E-state index contributed by atoms with van der Waals surface area (Å²) in [4.78, 5) is -4.03. The summed E-state index contributed by atoms with van der Waals surface area (Å²) in [6.45, 7) is 13.2. The van der Waals surface area contributed by atoms with E-state index in [0.717, 1.165) is 36.4 Å². The molecule has 0 radical (unpaired) electrons. The Morgan fingerprint density at radius 2 is 0.516 bits per heavy atom.